The van der Waals surface area contributed by atoms with Gasteiger partial charge in [0.15, 0.2) is 11.4 Å². The van der Waals surface area contributed by atoms with Crippen molar-refractivity contribution in [2.24, 2.45) is 0 Å². The Morgan fingerprint density at radius 3 is 2.71 bits per heavy atom. The fourth-order valence-electron chi connectivity index (χ4n) is 4.02. The predicted molar refractivity (Wildman–Crippen MR) is 140 cm³/mol. The first-order chi connectivity index (χ1) is 16.9. The number of allylic oxidation sites excluding steroid dienone is 4. The zero-order valence-electron chi connectivity index (χ0n) is 20.9. The molecule has 35 heavy (non-hydrogen) atoms. The van der Waals surface area contributed by atoms with E-state index in [9.17, 15) is 9.18 Å². The number of nitrogens with one attached hydrogen (secondary N) is 1. The minimum atomic E-state index is -0.485. The van der Waals surface area contributed by atoms with Gasteiger partial charge in [-0.2, -0.15) is 5.10 Å². The molecule has 1 aromatic carbocycles. The van der Waals surface area contributed by atoms with Crippen LogP contribution in [0.3, 0.4) is 0 Å². The Labute approximate surface area is 206 Å². The van der Waals surface area contributed by atoms with Crippen LogP contribution in [0.15, 0.2) is 83.7 Å². The van der Waals surface area contributed by atoms with Crippen molar-refractivity contribution in [1.82, 2.24) is 20.1 Å². The van der Waals surface area contributed by atoms with Gasteiger partial charge in [-0.05, 0) is 50.1 Å². The van der Waals surface area contributed by atoms with Crippen molar-refractivity contribution in [3.8, 4) is 5.75 Å². The lowest BCUT2D eigenvalue weighted by atomic mass is 10.1. The standard InChI is InChI=1S/C27H34FN5O2/c1-6-21(14-13-20(3)28)31(4)18-16-22(7-2)32-19-25(35-5)27(34)26(30-32)24-15-17-29-33(24)23-11-9-8-10-12-23/h6,8-15,19,22,29H,3,7,16-18H2,1-2,4-5H3/b14-13-,21-6+. The number of para-hydroxylation sites is 1. The molecule has 7 nitrogen and oxygen atoms in total. The molecular weight excluding hydrogens is 445 g/mol. The number of hydrogen-bond donors (Lipinski definition) is 1. The minimum absolute atomic E-state index is 0.0315. The molecule has 0 bridgehead atoms. The van der Waals surface area contributed by atoms with Gasteiger partial charge >= 0.3 is 0 Å². The van der Waals surface area contributed by atoms with E-state index in [2.05, 4.69) is 23.8 Å². The molecule has 0 aliphatic carbocycles. The van der Waals surface area contributed by atoms with Crippen molar-refractivity contribution in [1.29, 1.82) is 0 Å². The second-order valence-electron chi connectivity index (χ2n) is 8.24. The fourth-order valence-corrected chi connectivity index (χ4v) is 4.02. The molecule has 186 valence electrons. The normalized spacial score (nSPS) is 14.8. The molecule has 0 spiro atoms. The molecule has 0 radical (unpaired) electrons. The number of hydrogen-bond acceptors (Lipinski definition) is 6. The second-order valence-corrected chi connectivity index (χ2v) is 8.24. The van der Waals surface area contributed by atoms with Crippen LogP contribution in [0, 0.1) is 0 Å². The van der Waals surface area contributed by atoms with E-state index in [1.807, 2.05) is 66.1 Å². The molecule has 1 atom stereocenters. The molecule has 0 saturated carbocycles. The summed E-state index contributed by atoms with van der Waals surface area (Å²) in [6.45, 7) is 8.59. The third-order valence-corrected chi connectivity index (χ3v) is 5.98. The molecule has 1 aliphatic heterocycles. The Morgan fingerprint density at radius 1 is 1.34 bits per heavy atom. The van der Waals surface area contributed by atoms with Crippen LogP contribution in [0.4, 0.5) is 10.1 Å². The number of benzene rings is 1. The Morgan fingerprint density at radius 2 is 2.09 bits per heavy atom. The minimum Gasteiger partial charge on any atom is -0.491 e. The topological polar surface area (TPSA) is 62.6 Å². The maximum atomic E-state index is 13.2. The lowest BCUT2D eigenvalue weighted by Crippen LogP contribution is -2.34. The van der Waals surface area contributed by atoms with Gasteiger partial charge in [0.2, 0.25) is 0 Å². The fraction of sp³-hybridized carbons (Fsp3) is 0.333. The number of likely N-dealkylation sites (N-methyl/N-ethyl adjacent to an activating group) is 1. The van der Waals surface area contributed by atoms with Crippen molar-refractivity contribution in [3.05, 3.63) is 94.9 Å². The molecule has 8 heteroatoms. The molecule has 2 heterocycles. The van der Waals surface area contributed by atoms with Gasteiger partial charge in [-0.3, -0.25) is 14.5 Å². The lowest BCUT2D eigenvalue weighted by Gasteiger charge is -2.26. The van der Waals surface area contributed by atoms with Crippen LogP contribution in [0.2, 0.25) is 0 Å². The number of rotatable bonds is 11. The number of hydrazine groups is 1. The molecule has 0 saturated heterocycles. The molecule has 3 rings (SSSR count). The molecule has 1 unspecified atom stereocenters. The Balaban J connectivity index is 1.88. The monoisotopic (exact) mass is 479 g/mol. The van der Waals surface area contributed by atoms with Gasteiger partial charge < -0.3 is 9.64 Å². The highest BCUT2D eigenvalue weighted by Gasteiger charge is 2.25. The summed E-state index contributed by atoms with van der Waals surface area (Å²) in [5.74, 6) is -0.234. The van der Waals surface area contributed by atoms with Crippen LogP contribution in [0.5, 0.6) is 5.75 Å². The van der Waals surface area contributed by atoms with Crippen LogP contribution in [-0.4, -0.2) is 41.9 Å². The predicted octanol–water partition coefficient (Wildman–Crippen LogP) is 4.83. The first-order valence-corrected chi connectivity index (χ1v) is 11.8. The van der Waals surface area contributed by atoms with Crippen molar-refractivity contribution >= 4 is 11.4 Å². The quantitative estimate of drug-likeness (QED) is 0.466. The zero-order valence-corrected chi connectivity index (χ0v) is 20.9. The van der Waals surface area contributed by atoms with Crippen molar-refractivity contribution < 1.29 is 9.13 Å². The van der Waals surface area contributed by atoms with Gasteiger partial charge in [-0.15, -0.1) is 0 Å². The van der Waals surface area contributed by atoms with Gasteiger partial charge in [0, 0.05) is 25.8 Å². The number of halogens is 1. The molecule has 0 amide bonds. The summed E-state index contributed by atoms with van der Waals surface area (Å²) in [7, 11) is 3.46. The van der Waals surface area contributed by atoms with E-state index < -0.39 is 5.83 Å². The van der Waals surface area contributed by atoms with Gasteiger partial charge in [0.25, 0.3) is 5.43 Å². The maximum absolute atomic E-state index is 13.2. The van der Waals surface area contributed by atoms with Gasteiger partial charge in [-0.1, -0.05) is 37.8 Å². The van der Waals surface area contributed by atoms with Gasteiger partial charge in [0.1, 0.15) is 5.83 Å². The Hall–Kier alpha value is -3.65. The summed E-state index contributed by atoms with van der Waals surface area (Å²) >= 11 is 0. The summed E-state index contributed by atoms with van der Waals surface area (Å²) in [6, 6.07) is 9.83. The van der Waals surface area contributed by atoms with E-state index in [-0.39, 0.29) is 17.2 Å². The number of methoxy groups -OCH3 is 1. The number of aromatic nitrogens is 2. The van der Waals surface area contributed by atoms with Crippen molar-refractivity contribution in [2.75, 3.05) is 32.3 Å². The first-order valence-electron chi connectivity index (χ1n) is 11.8. The molecule has 0 fully saturated rings. The summed E-state index contributed by atoms with van der Waals surface area (Å²) < 4.78 is 20.3. The SMILES string of the molecule is C=C(F)/C=C\C(=C/C)N(C)CCC(CC)n1cc(OC)c(=O)c(C2=CCNN2c2ccccc2)n1. The van der Waals surface area contributed by atoms with Crippen LogP contribution < -0.4 is 20.6 Å². The van der Waals surface area contributed by atoms with E-state index in [4.69, 9.17) is 9.84 Å². The average Bonchev–Trinajstić information content (AvgIpc) is 3.35. The highest BCUT2D eigenvalue weighted by atomic mass is 19.1. The van der Waals surface area contributed by atoms with Crippen LogP contribution in [-0.2, 0) is 0 Å². The Kier molecular flexibility index (Phi) is 9.03. The Bertz CT molecular complexity index is 1170. The number of nitrogens with zero attached hydrogens (tertiary/aromatic N) is 4. The molecule has 1 aromatic heterocycles. The van der Waals surface area contributed by atoms with Gasteiger partial charge in [-0.25, -0.2) is 9.82 Å². The van der Waals surface area contributed by atoms with Crippen LogP contribution in [0.25, 0.3) is 5.70 Å². The van der Waals surface area contributed by atoms with Crippen molar-refractivity contribution in [3.63, 3.8) is 0 Å². The summed E-state index contributed by atoms with van der Waals surface area (Å²) in [5.41, 5.74) is 5.89. The van der Waals surface area contributed by atoms with Gasteiger partial charge in [0.05, 0.1) is 30.7 Å². The molecule has 1 N–H and O–H groups in total. The average molecular weight is 480 g/mol. The summed E-state index contributed by atoms with van der Waals surface area (Å²) in [5, 5.41) is 6.66. The zero-order chi connectivity index (χ0) is 25.4. The molecular formula is C27H34FN5O2. The number of ether oxygens (including phenoxy) is 1. The van der Waals surface area contributed by atoms with Crippen LogP contribution in [0.1, 0.15) is 38.4 Å². The maximum Gasteiger partial charge on any atom is 0.251 e. The molecule has 2 aromatic rings. The van der Waals surface area contributed by atoms with E-state index >= 15 is 0 Å². The molecule has 1 aliphatic rings. The summed E-state index contributed by atoms with van der Waals surface area (Å²) in [4.78, 5) is 15.2. The second kappa shape index (κ2) is 12.2. The summed E-state index contributed by atoms with van der Waals surface area (Å²) in [6.07, 6.45) is 10.2. The van der Waals surface area contributed by atoms with Crippen molar-refractivity contribution in [2.45, 2.75) is 32.7 Å². The smallest absolute Gasteiger partial charge is 0.251 e. The van der Waals surface area contributed by atoms with Crippen LogP contribution >= 0.6 is 0 Å². The van der Waals surface area contributed by atoms with E-state index in [1.54, 1.807) is 12.3 Å². The third-order valence-electron chi connectivity index (χ3n) is 5.98. The highest BCUT2D eigenvalue weighted by Crippen LogP contribution is 2.26. The van der Waals surface area contributed by atoms with E-state index in [0.29, 0.717) is 24.5 Å². The first kappa shape index (κ1) is 26.0. The highest BCUT2D eigenvalue weighted by molar-refractivity contribution is 5.79. The lowest BCUT2D eigenvalue weighted by molar-refractivity contribution is 0.326. The van der Waals surface area contributed by atoms with E-state index in [0.717, 1.165) is 24.2 Å². The number of anilines is 1. The third kappa shape index (κ3) is 6.27. The van der Waals surface area contributed by atoms with E-state index in [1.165, 1.54) is 13.2 Å². The largest absolute Gasteiger partial charge is 0.491 e.